The summed E-state index contributed by atoms with van der Waals surface area (Å²) in [4.78, 5) is 4.83. The summed E-state index contributed by atoms with van der Waals surface area (Å²) in [6.07, 6.45) is 1.25. The summed E-state index contributed by atoms with van der Waals surface area (Å²) >= 11 is 0. The lowest BCUT2D eigenvalue weighted by Crippen LogP contribution is -2.35. The molecule has 0 spiro atoms. The van der Waals surface area contributed by atoms with Crippen molar-refractivity contribution in [2.75, 3.05) is 53.9 Å². The average molecular weight is 215 g/mol. The molecule has 0 saturated heterocycles. The van der Waals surface area contributed by atoms with E-state index in [9.17, 15) is 0 Å². The molecule has 0 fully saturated rings. The van der Waals surface area contributed by atoms with Crippen molar-refractivity contribution < 1.29 is 0 Å². The van der Waals surface area contributed by atoms with E-state index >= 15 is 0 Å². The van der Waals surface area contributed by atoms with E-state index in [0.29, 0.717) is 0 Å². The summed E-state index contributed by atoms with van der Waals surface area (Å²) < 4.78 is 0. The molecule has 0 amide bonds. The van der Waals surface area contributed by atoms with Crippen molar-refractivity contribution in [1.82, 2.24) is 15.1 Å². The Labute approximate surface area is 95.8 Å². The molecule has 0 saturated carbocycles. The molecule has 15 heavy (non-hydrogen) atoms. The van der Waals surface area contributed by atoms with E-state index < -0.39 is 0 Å². The first-order chi connectivity index (χ1) is 7.06. The van der Waals surface area contributed by atoms with Gasteiger partial charge < -0.3 is 15.1 Å². The van der Waals surface area contributed by atoms with Crippen LogP contribution < -0.4 is 5.32 Å². The first kappa shape index (κ1) is 14.9. The maximum atomic E-state index is 3.20. The van der Waals surface area contributed by atoms with E-state index in [1.165, 1.54) is 26.1 Å². The highest BCUT2D eigenvalue weighted by molar-refractivity contribution is 4.62. The minimum atomic E-state index is 0.766. The van der Waals surface area contributed by atoms with Crippen LogP contribution in [0.15, 0.2) is 0 Å². The molecule has 0 heterocycles. The van der Waals surface area contributed by atoms with Gasteiger partial charge in [-0.1, -0.05) is 13.8 Å². The van der Waals surface area contributed by atoms with E-state index in [-0.39, 0.29) is 0 Å². The monoisotopic (exact) mass is 215 g/mol. The molecule has 0 aliphatic carbocycles. The highest BCUT2D eigenvalue weighted by atomic mass is 15.2. The van der Waals surface area contributed by atoms with Crippen LogP contribution in [-0.2, 0) is 0 Å². The summed E-state index contributed by atoms with van der Waals surface area (Å²) in [5.74, 6) is 0.766. The van der Waals surface area contributed by atoms with Crippen molar-refractivity contribution in [3.8, 4) is 0 Å². The predicted octanol–water partition coefficient (Wildman–Crippen LogP) is 1.12. The van der Waals surface area contributed by atoms with Crippen LogP contribution in [0.4, 0.5) is 0 Å². The Morgan fingerprint density at radius 1 is 1.07 bits per heavy atom. The summed E-state index contributed by atoms with van der Waals surface area (Å²) in [6.45, 7) is 10.5. The van der Waals surface area contributed by atoms with E-state index in [0.717, 1.165) is 19.0 Å². The molecular weight excluding hydrogens is 186 g/mol. The van der Waals surface area contributed by atoms with Gasteiger partial charge in [-0.2, -0.15) is 0 Å². The molecular formula is C12H29N3. The lowest BCUT2D eigenvalue weighted by Gasteiger charge is -2.25. The van der Waals surface area contributed by atoms with Gasteiger partial charge in [-0.15, -0.1) is 0 Å². The normalized spacial score (nSPS) is 12.0. The summed E-state index contributed by atoms with van der Waals surface area (Å²) in [5, 5.41) is 3.20. The van der Waals surface area contributed by atoms with Crippen molar-refractivity contribution >= 4 is 0 Å². The van der Waals surface area contributed by atoms with Crippen LogP contribution in [0.2, 0.25) is 0 Å². The standard InChI is InChI=1S/C12H29N3/c1-12(2)11-15(8-6-7-13-3)10-9-14(4)5/h12-13H,6-11H2,1-5H3. The van der Waals surface area contributed by atoms with E-state index in [1.807, 2.05) is 7.05 Å². The van der Waals surface area contributed by atoms with Gasteiger partial charge in [-0.3, -0.25) is 0 Å². The minimum absolute atomic E-state index is 0.766. The molecule has 0 radical (unpaired) electrons. The summed E-state index contributed by atoms with van der Waals surface area (Å²) in [6, 6.07) is 0. The van der Waals surface area contributed by atoms with Crippen LogP contribution in [0, 0.1) is 5.92 Å². The molecule has 3 heteroatoms. The molecule has 0 aromatic carbocycles. The molecule has 0 bridgehead atoms. The largest absolute Gasteiger partial charge is 0.320 e. The second-order valence-electron chi connectivity index (χ2n) is 4.95. The highest BCUT2D eigenvalue weighted by Gasteiger charge is 2.06. The zero-order valence-electron chi connectivity index (χ0n) is 11.2. The number of nitrogens with zero attached hydrogens (tertiary/aromatic N) is 2. The first-order valence-electron chi connectivity index (χ1n) is 6.08. The molecule has 0 unspecified atom stereocenters. The Hall–Kier alpha value is -0.120. The van der Waals surface area contributed by atoms with Gasteiger partial charge in [0.15, 0.2) is 0 Å². The predicted molar refractivity (Wildman–Crippen MR) is 68.4 cm³/mol. The molecule has 0 aliphatic rings. The topological polar surface area (TPSA) is 18.5 Å². The lowest BCUT2D eigenvalue weighted by atomic mass is 10.2. The molecule has 1 N–H and O–H groups in total. The molecule has 0 rings (SSSR count). The summed E-state index contributed by atoms with van der Waals surface area (Å²) in [5.41, 5.74) is 0. The number of likely N-dealkylation sites (N-methyl/N-ethyl adjacent to an activating group) is 1. The molecule has 0 atom stereocenters. The second-order valence-corrected chi connectivity index (χ2v) is 4.95. The fraction of sp³-hybridized carbons (Fsp3) is 1.00. The number of hydrogen-bond donors (Lipinski definition) is 1. The van der Waals surface area contributed by atoms with Crippen molar-refractivity contribution in [2.45, 2.75) is 20.3 Å². The Morgan fingerprint density at radius 2 is 1.73 bits per heavy atom. The van der Waals surface area contributed by atoms with Crippen LogP contribution in [-0.4, -0.2) is 63.7 Å². The number of rotatable bonds is 9. The third-order valence-electron chi connectivity index (χ3n) is 2.39. The smallest absolute Gasteiger partial charge is 0.0109 e. The zero-order valence-corrected chi connectivity index (χ0v) is 11.2. The third-order valence-corrected chi connectivity index (χ3v) is 2.39. The molecule has 0 aromatic heterocycles. The second kappa shape index (κ2) is 9.13. The van der Waals surface area contributed by atoms with Crippen LogP contribution in [0.5, 0.6) is 0 Å². The van der Waals surface area contributed by atoms with Crippen LogP contribution in [0.25, 0.3) is 0 Å². The fourth-order valence-corrected chi connectivity index (χ4v) is 1.63. The third kappa shape index (κ3) is 10.2. The van der Waals surface area contributed by atoms with E-state index in [2.05, 4.69) is 43.1 Å². The lowest BCUT2D eigenvalue weighted by molar-refractivity contribution is 0.217. The van der Waals surface area contributed by atoms with Crippen LogP contribution in [0.1, 0.15) is 20.3 Å². The Balaban J connectivity index is 3.73. The van der Waals surface area contributed by atoms with Crippen molar-refractivity contribution in [1.29, 1.82) is 0 Å². The van der Waals surface area contributed by atoms with Gasteiger partial charge in [-0.05, 0) is 46.6 Å². The molecule has 3 nitrogen and oxygen atoms in total. The van der Waals surface area contributed by atoms with E-state index in [4.69, 9.17) is 0 Å². The first-order valence-corrected chi connectivity index (χ1v) is 6.08. The fourth-order valence-electron chi connectivity index (χ4n) is 1.63. The number of nitrogens with one attached hydrogen (secondary N) is 1. The maximum Gasteiger partial charge on any atom is 0.0109 e. The van der Waals surface area contributed by atoms with Gasteiger partial charge in [0, 0.05) is 19.6 Å². The Morgan fingerprint density at radius 3 is 2.20 bits per heavy atom. The van der Waals surface area contributed by atoms with Crippen molar-refractivity contribution in [3.05, 3.63) is 0 Å². The molecule has 92 valence electrons. The van der Waals surface area contributed by atoms with Crippen LogP contribution >= 0.6 is 0 Å². The van der Waals surface area contributed by atoms with Gasteiger partial charge in [-0.25, -0.2) is 0 Å². The quantitative estimate of drug-likeness (QED) is 0.581. The van der Waals surface area contributed by atoms with Gasteiger partial charge in [0.1, 0.15) is 0 Å². The van der Waals surface area contributed by atoms with Crippen molar-refractivity contribution in [2.24, 2.45) is 5.92 Å². The highest BCUT2D eigenvalue weighted by Crippen LogP contribution is 1.99. The van der Waals surface area contributed by atoms with Crippen molar-refractivity contribution in [3.63, 3.8) is 0 Å². The Kier molecular flexibility index (Phi) is 9.06. The Bertz CT molecular complexity index is 135. The SMILES string of the molecule is CNCCCN(CCN(C)C)CC(C)C. The molecule has 0 aliphatic heterocycles. The van der Waals surface area contributed by atoms with Crippen LogP contribution in [0.3, 0.4) is 0 Å². The van der Waals surface area contributed by atoms with Gasteiger partial charge in [0.25, 0.3) is 0 Å². The van der Waals surface area contributed by atoms with Gasteiger partial charge in [0.2, 0.25) is 0 Å². The van der Waals surface area contributed by atoms with Gasteiger partial charge >= 0.3 is 0 Å². The van der Waals surface area contributed by atoms with Gasteiger partial charge in [0.05, 0.1) is 0 Å². The van der Waals surface area contributed by atoms with E-state index in [1.54, 1.807) is 0 Å². The molecule has 0 aromatic rings. The minimum Gasteiger partial charge on any atom is -0.320 e. The average Bonchev–Trinajstić information content (AvgIpc) is 2.13. The zero-order chi connectivity index (χ0) is 11.7. The summed E-state index contributed by atoms with van der Waals surface area (Å²) in [7, 11) is 6.30. The number of hydrogen-bond acceptors (Lipinski definition) is 3. The maximum absolute atomic E-state index is 3.20.